The summed E-state index contributed by atoms with van der Waals surface area (Å²) in [6.45, 7) is 4.30. The van der Waals surface area contributed by atoms with E-state index in [-0.39, 0.29) is 5.78 Å². The molecule has 0 aromatic heterocycles. The molecule has 1 aliphatic rings. The van der Waals surface area contributed by atoms with Crippen molar-refractivity contribution in [2.24, 2.45) is 0 Å². The van der Waals surface area contributed by atoms with Crippen molar-refractivity contribution >= 4 is 17.9 Å². The van der Waals surface area contributed by atoms with Crippen molar-refractivity contribution in [3.63, 3.8) is 0 Å². The van der Waals surface area contributed by atoms with E-state index in [1.807, 2.05) is 12.2 Å². The van der Waals surface area contributed by atoms with Gasteiger partial charge in [-0.05, 0) is 60.1 Å². The van der Waals surface area contributed by atoms with Gasteiger partial charge < -0.3 is 0 Å². The first kappa shape index (κ1) is 16.4. The summed E-state index contributed by atoms with van der Waals surface area (Å²) in [4.78, 5) is 12.6. The van der Waals surface area contributed by atoms with E-state index < -0.39 is 0 Å². The normalized spacial score (nSPS) is 17.8. The summed E-state index contributed by atoms with van der Waals surface area (Å²) in [6.07, 6.45) is 7.85. The second-order valence-electron chi connectivity index (χ2n) is 6.36. The van der Waals surface area contributed by atoms with Crippen LogP contribution in [0.2, 0.25) is 0 Å². The summed E-state index contributed by atoms with van der Waals surface area (Å²) in [5, 5.41) is 0. The van der Waals surface area contributed by atoms with Gasteiger partial charge in [-0.2, -0.15) is 0 Å². The molecule has 0 amide bonds. The van der Waals surface area contributed by atoms with Crippen LogP contribution in [0, 0.1) is 0 Å². The SMILES string of the molecule is CCc1ccc(/C=C2/CC/C(=C/c3ccc(CC)cc3)C2=O)cc1. The van der Waals surface area contributed by atoms with Crippen LogP contribution < -0.4 is 0 Å². The number of Topliss-reactive ketones (excluding diaryl/α,β-unsaturated/α-hetero) is 1. The van der Waals surface area contributed by atoms with Gasteiger partial charge in [-0.15, -0.1) is 0 Å². The van der Waals surface area contributed by atoms with Gasteiger partial charge in [0.25, 0.3) is 0 Å². The second kappa shape index (κ2) is 7.44. The van der Waals surface area contributed by atoms with Crippen molar-refractivity contribution in [1.82, 2.24) is 0 Å². The lowest BCUT2D eigenvalue weighted by Gasteiger charge is -2.00. The molecule has 2 aromatic rings. The zero-order valence-corrected chi connectivity index (χ0v) is 14.5. The topological polar surface area (TPSA) is 17.1 Å². The Morgan fingerprint density at radius 2 is 1.08 bits per heavy atom. The first-order valence-electron chi connectivity index (χ1n) is 8.83. The molecule has 0 bridgehead atoms. The van der Waals surface area contributed by atoms with Crippen LogP contribution in [0.15, 0.2) is 59.7 Å². The second-order valence-corrected chi connectivity index (χ2v) is 6.36. The highest BCUT2D eigenvalue weighted by molar-refractivity contribution is 6.15. The third-order valence-electron chi connectivity index (χ3n) is 4.70. The molecule has 0 spiro atoms. The van der Waals surface area contributed by atoms with Gasteiger partial charge in [-0.25, -0.2) is 0 Å². The Morgan fingerprint density at radius 1 is 0.708 bits per heavy atom. The fraction of sp³-hybridized carbons (Fsp3) is 0.261. The Labute approximate surface area is 144 Å². The van der Waals surface area contributed by atoms with Gasteiger partial charge in [-0.3, -0.25) is 4.79 Å². The van der Waals surface area contributed by atoms with E-state index in [0.717, 1.165) is 48.0 Å². The van der Waals surface area contributed by atoms with Crippen LogP contribution in [0.4, 0.5) is 0 Å². The molecule has 0 heterocycles. The molecule has 0 radical (unpaired) electrons. The molecule has 0 aliphatic heterocycles. The number of hydrogen-bond acceptors (Lipinski definition) is 1. The monoisotopic (exact) mass is 316 g/mol. The van der Waals surface area contributed by atoms with Gasteiger partial charge in [0.15, 0.2) is 5.78 Å². The fourth-order valence-corrected chi connectivity index (χ4v) is 3.08. The highest BCUT2D eigenvalue weighted by Crippen LogP contribution is 2.29. The molecular weight excluding hydrogens is 292 g/mol. The molecule has 1 heteroatoms. The van der Waals surface area contributed by atoms with Crippen LogP contribution in [-0.4, -0.2) is 5.78 Å². The molecule has 24 heavy (non-hydrogen) atoms. The van der Waals surface area contributed by atoms with Crippen molar-refractivity contribution in [2.75, 3.05) is 0 Å². The van der Waals surface area contributed by atoms with E-state index in [1.165, 1.54) is 11.1 Å². The van der Waals surface area contributed by atoms with E-state index in [2.05, 4.69) is 62.4 Å². The molecule has 0 unspecified atom stereocenters. The van der Waals surface area contributed by atoms with Gasteiger partial charge in [0.05, 0.1) is 0 Å². The first-order valence-corrected chi connectivity index (χ1v) is 8.83. The molecule has 3 rings (SSSR count). The molecule has 0 N–H and O–H groups in total. The van der Waals surface area contributed by atoms with Gasteiger partial charge in [0.1, 0.15) is 0 Å². The Balaban J connectivity index is 1.78. The van der Waals surface area contributed by atoms with Crippen molar-refractivity contribution < 1.29 is 4.79 Å². The molecular formula is C23H24O. The minimum atomic E-state index is 0.203. The third kappa shape index (κ3) is 3.73. The quantitative estimate of drug-likeness (QED) is 0.667. The van der Waals surface area contributed by atoms with E-state index >= 15 is 0 Å². The molecule has 0 atom stereocenters. The average molecular weight is 316 g/mol. The fourth-order valence-electron chi connectivity index (χ4n) is 3.08. The van der Waals surface area contributed by atoms with Gasteiger partial charge >= 0.3 is 0 Å². The Kier molecular flexibility index (Phi) is 5.10. The highest BCUT2D eigenvalue weighted by Gasteiger charge is 2.22. The van der Waals surface area contributed by atoms with Crippen LogP contribution in [-0.2, 0) is 17.6 Å². The lowest BCUT2D eigenvalue weighted by atomic mass is 10.0. The molecule has 1 saturated carbocycles. The number of ketones is 1. The van der Waals surface area contributed by atoms with E-state index in [9.17, 15) is 4.79 Å². The number of hydrogen-bond donors (Lipinski definition) is 0. The number of aryl methyl sites for hydroxylation is 2. The van der Waals surface area contributed by atoms with Crippen LogP contribution in [0.3, 0.4) is 0 Å². The predicted octanol–water partition coefficient (Wildman–Crippen LogP) is 5.64. The van der Waals surface area contributed by atoms with E-state index in [1.54, 1.807) is 0 Å². The summed E-state index contributed by atoms with van der Waals surface area (Å²) in [6, 6.07) is 17.0. The molecule has 2 aromatic carbocycles. The molecule has 0 saturated heterocycles. The minimum Gasteiger partial charge on any atom is -0.289 e. The van der Waals surface area contributed by atoms with Crippen LogP contribution in [0.5, 0.6) is 0 Å². The van der Waals surface area contributed by atoms with E-state index in [4.69, 9.17) is 0 Å². The van der Waals surface area contributed by atoms with Crippen molar-refractivity contribution in [3.05, 3.63) is 81.9 Å². The standard InChI is InChI=1S/C23H24O/c1-3-17-5-9-19(10-6-17)15-21-13-14-22(23(21)24)16-20-11-7-18(4-2)8-12-20/h5-12,15-16H,3-4,13-14H2,1-2H3/b21-15-,22-16-. The highest BCUT2D eigenvalue weighted by atomic mass is 16.1. The Morgan fingerprint density at radius 3 is 1.42 bits per heavy atom. The maximum atomic E-state index is 12.6. The lowest BCUT2D eigenvalue weighted by Crippen LogP contribution is -1.95. The van der Waals surface area contributed by atoms with Crippen LogP contribution >= 0.6 is 0 Å². The third-order valence-corrected chi connectivity index (χ3v) is 4.70. The Bertz CT molecular complexity index is 706. The molecule has 1 fully saturated rings. The molecule has 1 aliphatic carbocycles. The van der Waals surface area contributed by atoms with Crippen molar-refractivity contribution in [2.45, 2.75) is 39.5 Å². The summed E-state index contributed by atoms with van der Waals surface area (Å²) in [5.41, 5.74) is 6.73. The molecule has 1 nitrogen and oxygen atoms in total. The van der Waals surface area contributed by atoms with Crippen LogP contribution in [0.1, 0.15) is 48.9 Å². The predicted molar refractivity (Wildman–Crippen MR) is 102 cm³/mol. The zero-order chi connectivity index (χ0) is 16.9. The first-order chi connectivity index (χ1) is 11.7. The largest absolute Gasteiger partial charge is 0.289 e. The maximum Gasteiger partial charge on any atom is 0.185 e. The maximum absolute atomic E-state index is 12.6. The summed E-state index contributed by atoms with van der Waals surface area (Å²) < 4.78 is 0. The van der Waals surface area contributed by atoms with Gasteiger partial charge in [-0.1, -0.05) is 62.4 Å². The summed E-state index contributed by atoms with van der Waals surface area (Å²) in [7, 11) is 0. The van der Waals surface area contributed by atoms with Crippen molar-refractivity contribution in [3.8, 4) is 0 Å². The summed E-state index contributed by atoms with van der Waals surface area (Å²) in [5.74, 6) is 0.203. The lowest BCUT2D eigenvalue weighted by molar-refractivity contribution is -0.111. The van der Waals surface area contributed by atoms with E-state index in [0.29, 0.717) is 0 Å². The molecule has 122 valence electrons. The number of benzene rings is 2. The number of carbonyl (C=O) groups excluding carboxylic acids is 1. The number of carbonyl (C=O) groups is 1. The van der Waals surface area contributed by atoms with Gasteiger partial charge in [0.2, 0.25) is 0 Å². The number of allylic oxidation sites excluding steroid dienone is 2. The minimum absolute atomic E-state index is 0.203. The zero-order valence-electron chi connectivity index (χ0n) is 14.5. The average Bonchev–Trinajstić information content (AvgIpc) is 2.96. The van der Waals surface area contributed by atoms with Crippen molar-refractivity contribution in [1.29, 1.82) is 0 Å². The Hall–Kier alpha value is -2.41. The number of rotatable bonds is 4. The van der Waals surface area contributed by atoms with Crippen LogP contribution in [0.25, 0.3) is 12.2 Å². The summed E-state index contributed by atoms with van der Waals surface area (Å²) >= 11 is 0. The van der Waals surface area contributed by atoms with Gasteiger partial charge in [0, 0.05) is 11.1 Å². The smallest absolute Gasteiger partial charge is 0.185 e.